The molecule has 72 valence electrons. The van der Waals surface area contributed by atoms with Crippen LogP contribution in [0.15, 0.2) is 21.3 Å². The number of hydrogen-bond acceptors (Lipinski definition) is 6. The van der Waals surface area contributed by atoms with Gasteiger partial charge >= 0.3 is 10.6 Å². The van der Waals surface area contributed by atoms with Gasteiger partial charge in [0.25, 0.3) is 0 Å². The number of benzene rings is 1. The first kappa shape index (κ1) is 8.70. The topological polar surface area (TPSA) is 93.6 Å². The molecule has 0 radical (unpaired) electrons. The molecule has 0 saturated heterocycles. The van der Waals surface area contributed by atoms with E-state index in [4.69, 9.17) is 5.11 Å². The van der Waals surface area contributed by atoms with Crippen molar-refractivity contribution in [3.05, 3.63) is 32.0 Å². The first-order valence-corrected chi connectivity index (χ1v) is 4.30. The third kappa shape index (κ3) is 1.23. The fourth-order valence-electron chi connectivity index (χ4n) is 1.08. The molecule has 0 atom stereocenters. The lowest BCUT2D eigenvalue weighted by Crippen LogP contribution is -1.88. The van der Waals surface area contributed by atoms with Crippen LogP contribution in [0, 0.1) is 10.1 Å². The van der Waals surface area contributed by atoms with Gasteiger partial charge in [-0.25, -0.2) is 4.79 Å². The van der Waals surface area contributed by atoms with Crippen LogP contribution in [-0.4, -0.2) is 10.0 Å². The highest BCUT2D eigenvalue weighted by Crippen LogP contribution is 2.31. The molecule has 2 rings (SSSR count). The molecule has 1 aromatic heterocycles. The Labute approximate surface area is 80.2 Å². The molecule has 7 heteroatoms. The number of phenolic OH excluding ortho intramolecular Hbond substituents is 1. The van der Waals surface area contributed by atoms with Crippen molar-refractivity contribution >= 4 is 27.3 Å². The lowest BCUT2D eigenvalue weighted by Gasteiger charge is -1.93. The zero-order chi connectivity index (χ0) is 10.3. The molecule has 0 aliphatic heterocycles. The molecular weight excluding hydrogens is 210 g/mol. The van der Waals surface area contributed by atoms with Crippen molar-refractivity contribution in [2.24, 2.45) is 0 Å². The quantitative estimate of drug-likeness (QED) is 0.571. The van der Waals surface area contributed by atoms with Gasteiger partial charge in [0.1, 0.15) is 5.75 Å². The Kier molecular flexibility index (Phi) is 1.74. The van der Waals surface area contributed by atoms with Crippen LogP contribution in [0.25, 0.3) is 10.3 Å². The molecule has 0 spiro atoms. The molecule has 0 aliphatic rings. The van der Waals surface area contributed by atoms with E-state index in [0.29, 0.717) is 11.3 Å². The summed E-state index contributed by atoms with van der Waals surface area (Å²) in [4.78, 5) is 20.0. The molecule has 0 bridgehead atoms. The summed E-state index contributed by atoms with van der Waals surface area (Å²) in [5.41, 5.74) is -0.499. The maximum absolute atomic E-state index is 10.8. The fraction of sp³-hybridized carbons (Fsp3) is 0. The summed E-state index contributed by atoms with van der Waals surface area (Å²) in [6.45, 7) is 0. The van der Waals surface area contributed by atoms with E-state index < -0.39 is 15.5 Å². The highest BCUT2D eigenvalue weighted by atomic mass is 32.1. The van der Waals surface area contributed by atoms with E-state index in [0.717, 1.165) is 6.07 Å². The number of phenols is 1. The van der Waals surface area contributed by atoms with Crippen LogP contribution in [0.5, 0.6) is 5.75 Å². The van der Waals surface area contributed by atoms with Crippen LogP contribution in [-0.2, 0) is 0 Å². The lowest BCUT2D eigenvalue weighted by atomic mass is 10.3. The summed E-state index contributed by atoms with van der Waals surface area (Å²) in [5.74, 6) is -0.263. The number of aromatic hydroxyl groups is 1. The molecule has 0 unspecified atom stereocenters. The molecule has 14 heavy (non-hydrogen) atoms. The molecule has 0 saturated carbocycles. The highest BCUT2D eigenvalue weighted by molar-refractivity contribution is 7.16. The smallest absolute Gasteiger partial charge is 0.396 e. The van der Waals surface area contributed by atoms with Crippen molar-refractivity contribution in [2.45, 2.75) is 0 Å². The average molecular weight is 213 g/mol. The van der Waals surface area contributed by atoms with Crippen LogP contribution in [0.2, 0.25) is 0 Å². The maximum Gasteiger partial charge on any atom is 0.396 e. The molecule has 1 aromatic carbocycles. The van der Waals surface area contributed by atoms with Crippen LogP contribution in [0.1, 0.15) is 0 Å². The van der Waals surface area contributed by atoms with Crippen LogP contribution in [0.3, 0.4) is 0 Å². The van der Waals surface area contributed by atoms with Crippen molar-refractivity contribution in [2.75, 3.05) is 0 Å². The first-order valence-electron chi connectivity index (χ1n) is 3.49. The van der Waals surface area contributed by atoms with E-state index in [-0.39, 0.29) is 16.0 Å². The summed E-state index contributed by atoms with van der Waals surface area (Å²) in [6, 6.07) is 2.19. The summed E-state index contributed by atoms with van der Waals surface area (Å²) in [5, 5.41) is 19.6. The zero-order valence-corrected chi connectivity index (χ0v) is 7.41. The van der Waals surface area contributed by atoms with Crippen molar-refractivity contribution in [3.63, 3.8) is 0 Å². The van der Waals surface area contributed by atoms with E-state index in [1.54, 1.807) is 0 Å². The minimum absolute atomic E-state index is 0.0946. The highest BCUT2D eigenvalue weighted by Gasteiger charge is 2.18. The Balaban J connectivity index is 2.92. The molecule has 1 heterocycles. The van der Waals surface area contributed by atoms with E-state index >= 15 is 0 Å². The van der Waals surface area contributed by atoms with Gasteiger partial charge in [0.05, 0.1) is 15.7 Å². The molecule has 0 amide bonds. The molecule has 0 fully saturated rings. The number of nitro groups is 1. The largest absolute Gasteiger partial charge is 0.508 e. The Bertz CT molecular complexity index is 569. The second-order valence-electron chi connectivity index (χ2n) is 2.50. The third-order valence-electron chi connectivity index (χ3n) is 1.60. The van der Waals surface area contributed by atoms with Gasteiger partial charge in [-0.15, -0.1) is 0 Å². The Morgan fingerprint density at radius 2 is 2.21 bits per heavy atom. The Morgan fingerprint density at radius 1 is 1.50 bits per heavy atom. The zero-order valence-electron chi connectivity index (χ0n) is 6.59. The minimum atomic E-state index is -0.711. The van der Waals surface area contributed by atoms with Gasteiger partial charge in [0, 0.05) is 6.07 Å². The molecule has 2 aromatic rings. The first-order chi connectivity index (χ1) is 6.58. The monoisotopic (exact) mass is 213 g/mol. The summed E-state index contributed by atoms with van der Waals surface area (Å²) < 4.78 is 4.89. The van der Waals surface area contributed by atoms with Crippen LogP contribution < -0.4 is 4.94 Å². The van der Waals surface area contributed by atoms with Crippen molar-refractivity contribution in [1.82, 2.24) is 0 Å². The van der Waals surface area contributed by atoms with Crippen LogP contribution >= 0.6 is 11.3 Å². The molecule has 6 nitrogen and oxygen atoms in total. The third-order valence-corrected chi connectivity index (χ3v) is 2.37. The summed E-state index contributed by atoms with van der Waals surface area (Å²) in [6.07, 6.45) is 0. The Hall–Kier alpha value is -1.89. The van der Waals surface area contributed by atoms with Crippen molar-refractivity contribution in [3.8, 4) is 5.75 Å². The minimum Gasteiger partial charge on any atom is -0.508 e. The fourth-order valence-corrected chi connectivity index (χ4v) is 1.80. The standard InChI is InChI=1S/C7H3NO5S/c9-3-1-4(8(11)12)6-5(2-3)14-7(10)13-6/h1-2,9H. The second kappa shape index (κ2) is 2.81. The summed E-state index contributed by atoms with van der Waals surface area (Å²) >= 11 is 0.711. The van der Waals surface area contributed by atoms with E-state index in [9.17, 15) is 14.9 Å². The van der Waals surface area contributed by atoms with E-state index in [1.807, 2.05) is 0 Å². The summed E-state index contributed by atoms with van der Waals surface area (Å²) in [7, 11) is 0. The van der Waals surface area contributed by atoms with Crippen molar-refractivity contribution in [1.29, 1.82) is 0 Å². The van der Waals surface area contributed by atoms with Gasteiger partial charge in [-0.1, -0.05) is 11.3 Å². The predicted octanol–water partition coefficient (Wildman–Crippen LogP) is 1.47. The molecule has 0 aliphatic carbocycles. The van der Waals surface area contributed by atoms with Gasteiger partial charge in [0.15, 0.2) is 0 Å². The molecule has 1 N–H and O–H groups in total. The number of rotatable bonds is 1. The van der Waals surface area contributed by atoms with Gasteiger partial charge in [-0.3, -0.25) is 10.1 Å². The van der Waals surface area contributed by atoms with Gasteiger partial charge in [0.2, 0.25) is 5.58 Å². The number of nitrogens with zero attached hydrogens (tertiary/aromatic N) is 1. The van der Waals surface area contributed by atoms with Crippen molar-refractivity contribution < 1.29 is 14.4 Å². The van der Waals surface area contributed by atoms with E-state index in [2.05, 4.69) is 4.42 Å². The number of fused-ring (bicyclic) bond motifs is 1. The van der Waals surface area contributed by atoms with Gasteiger partial charge in [-0.05, 0) is 0 Å². The van der Waals surface area contributed by atoms with E-state index in [1.165, 1.54) is 6.07 Å². The lowest BCUT2D eigenvalue weighted by molar-refractivity contribution is -0.383. The number of non-ortho nitro benzene ring substituents is 1. The van der Waals surface area contributed by atoms with Gasteiger partial charge in [-0.2, -0.15) is 0 Å². The predicted molar refractivity (Wildman–Crippen MR) is 48.7 cm³/mol. The molecular formula is C7H3NO5S. The maximum atomic E-state index is 10.8. The second-order valence-corrected chi connectivity index (χ2v) is 3.48. The normalized spacial score (nSPS) is 10.6. The average Bonchev–Trinajstić information content (AvgIpc) is 2.42. The SMILES string of the molecule is O=c1oc2c([N+](=O)[O-])cc(O)cc2s1. The number of nitro benzene ring substituents is 1. The van der Waals surface area contributed by atoms with Crippen LogP contribution in [0.4, 0.5) is 5.69 Å². The Morgan fingerprint density at radius 3 is 2.86 bits per heavy atom. The van der Waals surface area contributed by atoms with Gasteiger partial charge < -0.3 is 9.52 Å². The number of hydrogen-bond donors (Lipinski definition) is 1.